The number of nitrogens with one attached hydrogen (secondary N) is 1. The maximum Gasteiger partial charge on any atom is 0.411 e. The fourth-order valence-corrected chi connectivity index (χ4v) is 1.26. The minimum Gasteiger partial charge on any atom is -0.449 e. The summed E-state index contributed by atoms with van der Waals surface area (Å²) in [6.45, 7) is 0.407. The summed E-state index contributed by atoms with van der Waals surface area (Å²) in [5, 5.41) is 4.05. The van der Waals surface area contributed by atoms with E-state index >= 15 is 0 Å². The average molecular weight is 293 g/mol. The lowest BCUT2D eigenvalue weighted by molar-refractivity contribution is 0.162. The zero-order chi connectivity index (χ0) is 11.1. The van der Waals surface area contributed by atoms with Crippen molar-refractivity contribution in [3.05, 3.63) is 29.3 Å². The lowest BCUT2D eigenvalue weighted by atomic mass is 10.3. The third-order valence-electron chi connectivity index (χ3n) is 1.60. The molecule has 3 nitrogen and oxygen atoms in total. The van der Waals surface area contributed by atoms with Gasteiger partial charge in [0.2, 0.25) is 0 Å². The minimum atomic E-state index is -0.446. The highest BCUT2D eigenvalue weighted by molar-refractivity contribution is 9.09. The maximum absolute atomic E-state index is 11.2. The van der Waals surface area contributed by atoms with Crippen molar-refractivity contribution in [2.24, 2.45) is 0 Å². The molecule has 0 unspecified atom stereocenters. The van der Waals surface area contributed by atoms with E-state index in [1.54, 1.807) is 24.3 Å². The molecule has 0 heterocycles. The molecule has 82 valence electrons. The van der Waals surface area contributed by atoms with Gasteiger partial charge in [0.1, 0.15) is 0 Å². The first-order valence-electron chi connectivity index (χ1n) is 4.47. The molecule has 0 aliphatic carbocycles. The molecule has 0 spiro atoms. The molecule has 1 aromatic carbocycles. The molecule has 0 atom stereocenters. The Bertz CT molecular complexity index is 316. The van der Waals surface area contributed by atoms with E-state index in [0.717, 1.165) is 11.8 Å². The van der Waals surface area contributed by atoms with Crippen molar-refractivity contribution in [2.75, 3.05) is 17.3 Å². The van der Waals surface area contributed by atoms with Crippen LogP contribution < -0.4 is 5.32 Å². The molecule has 0 aliphatic heterocycles. The number of hydrogen-bond acceptors (Lipinski definition) is 2. The van der Waals surface area contributed by atoms with Crippen LogP contribution >= 0.6 is 27.5 Å². The third kappa shape index (κ3) is 5.04. The maximum atomic E-state index is 11.2. The molecule has 1 aromatic rings. The fourth-order valence-electron chi connectivity index (χ4n) is 0.907. The highest BCUT2D eigenvalue weighted by Crippen LogP contribution is 2.13. The number of anilines is 1. The number of rotatable bonds is 4. The number of benzene rings is 1. The summed E-state index contributed by atoms with van der Waals surface area (Å²) >= 11 is 8.95. The number of alkyl halides is 1. The molecule has 0 radical (unpaired) electrons. The van der Waals surface area contributed by atoms with Crippen LogP contribution in [0.3, 0.4) is 0 Å². The Labute approximate surface area is 102 Å². The first kappa shape index (κ1) is 12.3. The number of halogens is 2. The van der Waals surface area contributed by atoms with Crippen LogP contribution in [0.5, 0.6) is 0 Å². The van der Waals surface area contributed by atoms with Gasteiger partial charge in [-0.2, -0.15) is 0 Å². The molecule has 1 rings (SSSR count). The van der Waals surface area contributed by atoms with E-state index in [1.807, 2.05) is 0 Å². The topological polar surface area (TPSA) is 38.3 Å². The van der Waals surface area contributed by atoms with Gasteiger partial charge in [-0.1, -0.05) is 27.5 Å². The van der Waals surface area contributed by atoms with Gasteiger partial charge < -0.3 is 4.74 Å². The van der Waals surface area contributed by atoms with E-state index in [4.69, 9.17) is 16.3 Å². The summed E-state index contributed by atoms with van der Waals surface area (Å²) in [5.41, 5.74) is 0.670. The van der Waals surface area contributed by atoms with E-state index in [1.165, 1.54) is 0 Å². The second-order valence-electron chi connectivity index (χ2n) is 2.81. The monoisotopic (exact) mass is 291 g/mol. The number of ether oxygens (including phenoxy) is 1. The molecule has 1 N–H and O–H groups in total. The number of hydrogen-bond donors (Lipinski definition) is 1. The molecule has 0 saturated heterocycles. The number of carbonyl (C=O) groups is 1. The van der Waals surface area contributed by atoms with Crippen LogP contribution in [0.2, 0.25) is 5.02 Å². The molecule has 0 aromatic heterocycles. The largest absolute Gasteiger partial charge is 0.449 e. The van der Waals surface area contributed by atoms with E-state index < -0.39 is 6.09 Å². The van der Waals surface area contributed by atoms with Gasteiger partial charge in [-0.25, -0.2) is 4.79 Å². The zero-order valence-corrected chi connectivity index (χ0v) is 10.3. The molecule has 1 amide bonds. The van der Waals surface area contributed by atoms with E-state index in [2.05, 4.69) is 21.2 Å². The van der Waals surface area contributed by atoms with Gasteiger partial charge in [-0.05, 0) is 30.7 Å². The zero-order valence-electron chi connectivity index (χ0n) is 8.00. The molecule has 5 heteroatoms. The van der Waals surface area contributed by atoms with Crippen molar-refractivity contribution in [1.29, 1.82) is 0 Å². The molecular weight excluding hydrogens is 281 g/mol. The highest BCUT2D eigenvalue weighted by Gasteiger charge is 2.01. The van der Waals surface area contributed by atoms with Crippen LogP contribution in [-0.2, 0) is 4.74 Å². The van der Waals surface area contributed by atoms with Crippen LogP contribution in [0.4, 0.5) is 10.5 Å². The summed E-state index contributed by atoms with van der Waals surface area (Å²) in [5.74, 6) is 0. The van der Waals surface area contributed by atoms with E-state index in [-0.39, 0.29) is 0 Å². The van der Waals surface area contributed by atoms with Gasteiger partial charge in [0.15, 0.2) is 0 Å². The van der Waals surface area contributed by atoms with Crippen LogP contribution in [0.25, 0.3) is 0 Å². The minimum absolute atomic E-state index is 0.407. The van der Waals surface area contributed by atoms with Gasteiger partial charge >= 0.3 is 6.09 Å². The van der Waals surface area contributed by atoms with Gasteiger partial charge in [-0.3, -0.25) is 5.32 Å². The van der Waals surface area contributed by atoms with Crippen molar-refractivity contribution in [3.63, 3.8) is 0 Å². The molecule has 0 bridgehead atoms. The SMILES string of the molecule is O=C(Nc1ccc(Cl)cc1)OCCCBr. The van der Waals surface area contributed by atoms with Crippen molar-refractivity contribution in [2.45, 2.75) is 6.42 Å². The predicted octanol–water partition coefficient (Wildman–Crippen LogP) is 3.67. The number of carbonyl (C=O) groups excluding carboxylic acids is 1. The van der Waals surface area contributed by atoms with Crippen LogP contribution in [0, 0.1) is 0 Å². The predicted molar refractivity (Wildman–Crippen MR) is 64.8 cm³/mol. The highest BCUT2D eigenvalue weighted by atomic mass is 79.9. The summed E-state index contributed by atoms with van der Waals surface area (Å²) in [6.07, 6.45) is 0.354. The van der Waals surface area contributed by atoms with Gasteiger partial charge in [0, 0.05) is 16.0 Å². The molecule has 0 aliphatic rings. The summed E-state index contributed by atoms with van der Waals surface area (Å²) in [4.78, 5) is 11.2. The Hall–Kier alpha value is -0.740. The van der Waals surface area contributed by atoms with Gasteiger partial charge in [0.25, 0.3) is 0 Å². The molecule has 15 heavy (non-hydrogen) atoms. The third-order valence-corrected chi connectivity index (χ3v) is 2.41. The molecular formula is C10H11BrClNO2. The Morgan fingerprint density at radius 1 is 1.40 bits per heavy atom. The Morgan fingerprint density at radius 3 is 2.67 bits per heavy atom. The standard InChI is InChI=1S/C10H11BrClNO2/c11-6-1-7-15-10(14)13-9-4-2-8(12)3-5-9/h2-5H,1,6-7H2,(H,13,14). The van der Waals surface area contributed by atoms with E-state index in [9.17, 15) is 4.79 Å². The average Bonchev–Trinajstić information content (AvgIpc) is 2.22. The second-order valence-corrected chi connectivity index (χ2v) is 4.04. The summed E-state index contributed by atoms with van der Waals surface area (Å²) in [6, 6.07) is 6.84. The van der Waals surface area contributed by atoms with Gasteiger partial charge in [0.05, 0.1) is 6.61 Å². The number of amides is 1. The molecule has 0 fully saturated rings. The quantitative estimate of drug-likeness (QED) is 0.679. The lowest BCUT2D eigenvalue weighted by Crippen LogP contribution is -2.14. The first-order chi connectivity index (χ1) is 7.22. The lowest BCUT2D eigenvalue weighted by Gasteiger charge is -2.05. The second kappa shape index (κ2) is 6.69. The van der Waals surface area contributed by atoms with Crippen molar-refractivity contribution in [3.8, 4) is 0 Å². The van der Waals surface area contributed by atoms with Crippen molar-refractivity contribution in [1.82, 2.24) is 0 Å². The van der Waals surface area contributed by atoms with Crippen LogP contribution in [-0.4, -0.2) is 18.0 Å². The smallest absolute Gasteiger partial charge is 0.411 e. The van der Waals surface area contributed by atoms with E-state index in [0.29, 0.717) is 17.3 Å². The Morgan fingerprint density at radius 2 is 2.07 bits per heavy atom. The summed E-state index contributed by atoms with van der Waals surface area (Å²) < 4.78 is 4.90. The summed E-state index contributed by atoms with van der Waals surface area (Å²) in [7, 11) is 0. The van der Waals surface area contributed by atoms with Crippen molar-refractivity contribution >= 4 is 39.3 Å². The first-order valence-corrected chi connectivity index (χ1v) is 5.97. The normalized spacial score (nSPS) is 9.73. The van der Waals surface area contributed by atoms with Crippen LogP contribution in [0.15, 0.2) is 24.3 Å². The van der Waals surface area contributed by atoms with Gasteiger partial charge in [-0.15, -0.1) is 0 Å². The molecule has 0 saturated carbocycles. The van der Waals surface area contributed by atoms with Crippen molar-refractivity contribution < 1.29 is 9.53 Å². The Kier molecular flexibility index (Phi) is 5.50. The Balaban J connectivity index is 2.34. The fraction of sp³-hybridized carbons (Fsp3) is 0.300. The van der Waals surface area contributed by atoms with Crippen LogP contribution in [0.1, 0.15) is 6.42 Å².